The van der Waals surface area contributed by atoms with Gasteiger partial charge >= 0.3 is 5.97 Å². The molecule has 1 aliphatic rings. The van der Waals surface area contributed by atoms with Gasteiger partial charge in [0.2, 0.25) is 0 Å². The van der Waals surface area contributed by atoms with Crippen LogP contribution in [0.15, 0.2) is 60.8 Å². The maximum atomic E-state index is 15.9. The van der Waals surface area contributed by atoms with E-state index in [9.17, 15) is 9.90 Å². The van der Waals surface area contributed by atoms with Crippen molar-refractivity contribution in [3.63, 3.8) is 0 Å². The normalized spacial score (nSPS) is 13.9. The van der Waals surface area contributed by atoms with Crippen molar-refractivity contribution in [3.05, 3.63) is 89.0 Å². The Bertz CT molecular complexity index is 2200. The fourth-order valence-electron chi connectivity index (χ4n) is 6.62. The van der Waals surface area contributed by atoms with E-state index in [-0.39, 0.29) is 5.75 Å². The molecule has 0 spiro atoms. The van der Waals surface area contributed by atoms with E-state index < -0.39 is 23.5 Å². The van der Waals surface area contributed by atoms with Gasteiger partial charge in [0, 0.05) is 40.4 Å². The topological polar surface area (TPSA) is 104 Å². The number of hydrogen-bond acceptors (Lipinski definition) is 6. The van der Waals surface area contributed by atoms with Crippen LogP contribution in [-0.2, 0) is 23.0 Å². The lowest BCUT2D eigenvalue weighted by Crippen LogP contribution is -2.29. The highest BCUT2D eigenvalue weighted by Crippen LogP contribution is 2.44. The van der Waals surface area contributed by atoms with E-state index in [2.05, 4.69) is 11.2 Å². The zero-order valence-corrected chi connectivity index (χ0v) is 27.3. The number of ether oxygens (including phenoxy) is 2. The molecule has 1 aliphatic heterocycles. The van der Waals surface area contributed by atoms with Crippen LogP contribution < -0.4 is 4.74 Å². The summed E-state index contributed by atoms with van der Waals surface area (Å²) >= 11 is 0. The van der Waals surface area contributed by atoms with Gasteiger partial charge in [-0.1, -0.05) is 36.4 Å². The zero-order valence-electron chi connectivity index (χ0n) is 27.3. The maximum Gasteiger partial charge on any atom is 0.337 e. The Morgan fingerprint density at radius 2 is 1.85 bits per heavy atom. The molecule has 0 bridgehead atoms. The molecule has 0 aliphatic carbocycles. The SMILES string of the molecule is Cc1nc2c(-c3ccc4c(cnn4C)c3)c(-c3ccccc3)nn2c(-c2cc(F)c3c(c2C)CCCO3)c1[C@H](OC(C)(C)C)C(=O)O. The summed E-state index contributed by atoms with van der Waals surface area (Å²) < 4.78 is 31.4. The van der Waals surface area contributed by atoms with Gasteiger partial charge in [0.05, 0.1) is 35.2 Å². The van der Waals surface area contributed by atoms with Crippen LogP contribution in [0.25, 0.3) is 50.2 Å². The highest BCUT2D eigenvalue weighted by atomic mass is 19.1. The maximum absolute atomic E-state index is 15.9. The molecule has 0 fully saturated rings. The number of aliphatic carboxylic acids is 1. The molecule has 0 unspecified atom stereocenters. The number of halogens is 1. The number of aryl methyl sites for hydroxylation is 2. The lowest BCUT2D eigenvalue weighted by Gasteiger charge is -2.28. The molecule has 3 aromatic carbocycles. The molecule has 240 valence electrons. The third-order valence-corrected chi connectivity index (χ3v) is 8.72. The Kier molecular flexibility index (Phi) is 7.35. The van der Waals surface area contributed by atoms with Crippen LogP contribution in [0.2, 0.25) is 0 Å². The van der Waals surface area contributed by atoms with Gasteiger partial charge in [0.1, 0.15) is 5.69 Å². The fraction of sp³-hybridized carbons (Fsp3) is 0.297. The average molecular weight is 634 g/mol. The molecule has 47 heavy (non-hydrogen) atoms. The van der Waals surface area contributed by atoms with Crippen LogP contribution in [0.3, 0.4) is 0 Å². The number of carboxylic acids is 1. The molecule has 7 rings (SSSR count). The smallest absolute Gasteiger partial charge is 0.337 e. The highest BCUT2D eigenvalue weighted by molar-refractivity contribution is 5.96. The summed E-state index contributed by atoms with van der Waals surface area (Å²) in [6.45, 7) is 9.55. The summed E-state index contributed by atoms with van der Waals surface area (Å²) in [6, 6.07) is 17.3. The molecule has 1 atom stereocenters. The molecule has 0 saturated carbocycles. The second-order valence-corrected chi connectivity index (χ2v) is 13.1. The minimum Gasteiger partial charge on any atom is -0.490 e. The third kappa shape index (κ3) is 5.22. The second kappa shape index (κ2) is 11.3. The molecule has 4 heterocycles. The number of rotatable bonds is 6. The van der Waals surface area contributed by atoms with Crippen LogP contribution >= 0.6 is 0 Å². The number of nitrogens with zero attached hydrogens (tertiary/aromatic N) is 5. The van der Waals surface area contributed by atoms with Crippen molar-refractivity contribution in [1.29, 1.82) is 0 Å². The van der Waals surface area contributed by atoms with E-state index >= 15 is 4.39 Å². The predicted octanol–water partition coefficient (Wildman–Crippen LogP) is 7.64. The summed E-state index contributed by atoms with van der Waals surface area (Å²) in [5, 5.41) is 21.2. The van der Waals surface area contributed by atoms with Gasteiger partial charge in [-0.25, -0.2) is 18.7 Å². The molecule has 3 aromatic heterocycles. The quantitative estimate of drug-likeness (QED) is 0.201. The molecule has 1 N–H and O–H groups in total. The highest BCUT2D eigenvalue weighted by Gasteiger charge is 2.35. The second-order valence-electron chi connectivity index (χ2n) is 13.1. The van der Waals surface area contributed by atoms with Crippen LogP contribution in [0.5, 0.6) is 5.75 Å². The van der Waals surface area contributed by atoms with E-state index in [0.717, 1.165) is 45.1 Å². The number of benzene rings is 3. The molecular weight excluding hydrogens is 597 g/mol. The standard InChI is InChI=1S/C37H36FN5O4/c1-20-25-13-10-16-46-33(25)27(38)18-26(20)32-29(34(36(44)45)47-37(3,4)5)21(2)40-35-30(23-14-15-28-24(17-23)19-39-42(28)6)31(41-43(32)35)22-11-8-7-9-12-22/h7-9,11-12,14-15,17-19,34H,10,13,16H2,1-6H3,(H,44,45)/t34-/m0/s1. The van der Waals surface area contributed by atoms with Crippen molar-refractivity contribution in [2.75, 3.05) is 6.61 Å². The molecular formula is C37H36FN5O4. The Morgan fingerprint density at radius 3 is 2.57 bits per heavy atom. The van der Waals surface area contributed by atoms with Crippen LogP contribution in [0.1, 0.15) is 55.7 Å². The Labute approximate surface area is 271 Å². The number of hydrogen-bond donors (Lipinski definition) is 1. The first-order chi connectivity index (χ1) is 22.4. The van der Waals surface area contributed by atoms with Crippen LogP contribution in [0.4, 0.5) is 4.39 Å². The minimum atomic E-state index is -1.41. The van der Waals surface area contributed by atoms with Gasteiger partial charge in [0.25, 0.3) is 0 Å². The largest absolute Gasteiger partial charge is 0.490 e. The van der Waals surface area contributed by atoms with E-state index in [1.165, 1.54) is 6.07 Å². The lowest BCUT2D eigenvalue weighted by molar-refractivity contribution is -0.160. The predicted molar refractivity (Wildman–Crippen MR) is 178 cm³/mol. The summed E-state index contributed by atoms with van der Waals surface area (Å²) in [5.41, 5.74) is 7.07. The van der Waals surface area contributed by atoms with E-state index in [1.54, 1.807) is 32.2 Å². The Balaban J connectivity index is 1.63. The summed E-state index contributed by atoms with van der Waals surface area (Å²) in [6.07, 6.45) is 1.80. The number of carboxylic acid groups (broad SMARTS) is 1. The monoisotopic (exact) mass is 633 g/mol. The molecule has 0 amide bonds. The van der Waals surface area contributed by atoms with E-state index in [4.69, 9.17) is 19.6 Å². The molecule has 10 heteroatoms. The molecule has 6 aromatic rings. The van der Waals surface area contributed by atoms with E-state index in [1.807, 2.05) is 67.3 Å². The Hall–Kier alpha value is -5.09. The number of carbonyl (C=O) groups is 1. The van der Waals surface area contributed by atoms with Gasteiger partial charge in [-0.05, 0) is 76.8 Å². The van der Waals surface area contributed by atoms with Crippen molar-refractivity contribution < 1.29 is 23.8 Å². The number of fused-ring (bicyclic) bond motifs is 3. The van der Waals surface area contributed by atoms with Gasteiger partial charge in [-0.3, -0.25) is 4.68 Å². The van der Waals surface area contributed by atoms with Gasteiger partial charge in [0.15, 0.2) is 23.3 Å². The lowest BCUT2D eigenvalue weighted by atomic mass is 9.90. The summed E-state index contributed by atoms with van der Waals surface area (Å²) in [4.78, 5) is 18.1. The first kappa shape index (κ1) is 30.6. The summed E-state index contributed by atoms with van der Waals surface area (Å²) in [7, 11) is 1.90. The molecule has 0 radical (unpaired) electrons. The van der Waals surface area contributed by atoms with Crippen molar-refractivity contribution in [2.24, 2.45) is 7.05 Å². The first-order valence-corrected chi connectivity index (χ1v) is 15.7. The number of aromatic nitrogens is 5. The van der Waals surface area contributed by atoms with Crippen molar-refractivity contribution in [2.45, 2.75) is 59.2 Å². The van der Waals surface area contributed by atoms with Crippen molar-refractivity contribution in [3.8, 4) is 39.4 Å². The summed E-state index contributed by atoms with van der Waals surface area (Å²) in [5.74, 6) is -1.43. The minimum absolute atomic E-state index is 0.248. The van der Waals surface area contributed by atoms with Crippen molar-refractivity contribution in [1.82, 2.24) is 24.4 Å². The van der Waals surface area contributed by atoms with Crippen LogP contribution in [-0.4, -0.2) is 47.7 Å². The van der Waals surface area contributed by atoms with Crippen LogP contribution in [0, 0.1) is 19.7 Å². The van der Waals surface area contributed by atoms with E-state index in [0.29, 0.717) is 46.9 Å². The van der Waals surface area contributed by atoms with Gasteiger partial charge < -0.3 is 14.6 Å². The fourth-order valence-corrected chi connectivity index (χ4v) is 6.62. The van der Waals surface area contributed by atoms with Gasteiger partial charge in [-0.15, -0.1) is 0 Å². The Morgan fingerprint density at radius 1 is 1.09 bits per heavy atom. The third-order valence-electron chi connectivity index (χ3n) is 8.72. The molecule has 9 nitrogen and oxygen atoms in total. The zero-order chi connectivity index (χ0) is 33.2. The first-order valence-electron chi connectivity index (χ1n) is 15.7. The molecule has 0 saturated heterocycles. The van der Waals surface area contributed by atoms with Gasteiger partial charge in [-0.2, -0.15) is 10.2 Å². The van der Waals surface area contributed by atoms with Crippen molar-refractivity contribution >= 4 is 22.5 Å². The average Bonchev–Trinajstić information content (AvgIpc) is 3.61.